The third-order valence-corrected chi connectivity index (χ3v) is 5.20. The van der Waals surface area contributed by atoms with Crippen LogP contribution >= 0.6 is 23.2 Å². The number of aliphatic imine (C=N–C) groups is 1. The standard InChI is InChI=1S/C21H13Cl2N5/c22-14-5-6-18-16(11-14)20(15-3-1-2-4-17(15)23)25-12-19-26-27-21(28(18)19)13-7-9-24-10-8-13/h1-11H,12H2. The molecule has 4 aromatic rings. The molecule has 5 rings (SSSR count). The molecular weight excluding hydrogens is 393 g/mol. The summed E-state index contributed by atoms with van der Waals surface area (Å²) in [7, 11) is 0. The smallest absolute Gasteiger partial charge is 0.168 e. The second-order valence-corrected chi connectivity index (χ2v) is 7.16. The Hall–Kier alpha value is -3.02. The van der Waals surface area contributed by atoms with Crippen molar-refractivity contribution in [3.63, 3.8) is 0 Å². The number of aromatic nitrogens is 4. The number of benzene rings is 2. The minimum absolute atomic E-state index is 0.380. The molecule has 2 aromatic carbocycles. The largest absolute Gasteiger partial charge is 0.277 e. The van der Waals surface area contributed by atoms with Gasteiger partial charge in [-0.3, -0.25) is 14.5 Å². The average molecular weight is 406 g/mol. The van der Waals surface area contributed by atoms with Crippen molar-refractivity contribution in [1.29, 1.82) is 0 Å². The summed E-state index contributed by atoms with van der Waals surface area (Å²) in [5.74, 6) is 1.48. The van der Waals surface area contributed by atoms with Crippen molar-refractivity contribution >= 4 is 28.9 Å². The summed E-state index contributed by atoms with van der Waals surface area (Å²) >= 11 is 12.8. The molecule has 0 unspecified atom stereocenters. The zero-order valence-electron chi connectivity index (χ0n) is 14.5. The first-order valence-corrected chi connectivity index (χ1v) is 9.42. The molecule has 0 amide bonds. The highest BCUT2D eigenvalue weighted by Gasteiger charge is 2.24. The van der Waals surface area contributed by atoms with Crippen LogP contribution in [0.4, 0.5) is 0 Å². The molecule has 0 spiro atoms. The van der Waals surface area contributed by atoms with Gasteiger partial charge in [0.25, 0.3) is 0 Å². The Morgan fingerprint density at radius 3 is 2.50 bits per heavy atom. The molecule has 0 aliphatic carbocycles. The monoisotopic (exact) mass is 405 g/mol. The van der Waals surface area contributed by atoms with Crippen molar-refractivity contribution in [2.24, 2.45) is 4.99 Å². The van der Waals surface area contributed by atoms with Gasteiger partial charge in [0.15, 0.2) is 11.6 Å². The lowest BCUT2D eigenvalue weighted by molar-refractivity contribution is 0.872. The lowest BCUT2D eigenvalue weighted by Gasteiger charge is -2.14. The molecule has 1 aliphatic heterocycles. The van der Waals surface area contributed by atoms with Crippen LogP contribution in [0.25, 0.3) is 17.1 Å². The van der Waals surface area contributed by atoms with E-state index in [9.17, 15) is 0 Å². The number of fused-ring (bicyclic) bond motifs is 3. The zero-order valence-corrected chi connectivity index (χ0v) is 16.1. The molecule has 0 bridgehead atoms. The SMILES string of the molecule is Clc1ccc2c(c1)C(c1ccccc1Cl)=NCc1nnc(-c3ccncc3)n1-2. The molecule has 0 saturated heterocycles. The van der Waals surface area contributed by atoms with Gasteiger partial charge < -0.3 is 0 Å². The fraction of sp³-hybridized carbons (Fsp3) is 0.0476. The zero-order chi connectivity index (χ0) is 19.1. The van der Waals surface area contributed by atoms with Crippen molar-refractivity contribution in [3.8, 4) is 17.1 Å². The Bertz CT molecular complexity index is 1210. The summed E-state index contributed by atoms with van der Waals surface area (Å²) in [4.78, 5) is 8.91. The predicted octanol–water partition coefficient (Wildman–Crippen LogP) is 4.99. The number of pyridine rings is 1. The molecule has 0 N–H and O–H groups in total. The third kappa shape index (κ3) is 2.80. The van der Waals surface area contributed by atoms with Gasteiger partial charge in [-0.05, 0) is 36.4 Å². The molecule has 28 heavy (non-hydrogen) atoms. The van der Waals surface area contributed by atoms with E-state index < -0.39 is 0 Å². The van der Waals surface area contributed by atoms with Crippen LogP contribution in [0.3, 0.4) is 0 Å². The quantitative estimate of drug-likeness (QED) is 0.472. The Labute approximate surface area is 171 Å². The Balaban J connectivity index is 1.78. The van der Waals surface area contributed by atoms with E-state index in [1.54, 1.807) is 12.4 Å². The molecular formula is C21H13Cl2N5. The van der Waals surface area contributed by atoms with E-state index in [1.165, 1.54) is 0 Å². The fourth-order valence-electron chi connectivity index (χ4n) is 3.37. The number of hydrogen-bond donors (Lipinski definition) is 0. The summed E-state index contributed by atoms with van der Waals surface area (Å²) in [5, 5.41) is 10.1. The summed E-state index contributed by atoms with van der Waals surface area (Å²) in [6.07, 6.45) is 3.48. The van der Waals surface area contributed by atoms with Gasteiger partial charge in [-0.2, -0.15) is 0 Å². The van der Waals surface area contributed by atoms with Crippen LogP contribution in [-0.2, 0) is 6.54 Å². The highest BCUT2D eigenvalue weighted by atomic mass is 35.5. The molecule has 3 heterocycles. The second kappa shape index (κ2) is 6.86. The van der Waals surface area contributed by atoms with E-state index in [4.69, 9.17) is 28.2 Å². The topological polar surface area (TPSA) is 56.0 Å². The molecule has 2 aromatic heterocycles. The van der Waals surface area contributed by atoms with Crippen molar-refractivity contribution in [1.82, 2.24) is 19.7 Å². The van der Waals surface area contributed by atoms with Gasteiger partial charge in [0.05, 0.1) is 11.4 Å². The predicted molar refractivity (Wildman–Crippen MR) is 110 cm³/mol. The van der Waals surface area contributed by atoms with Crippen molar-refractivity contribution < 1.29 is 0 Å². The van der Waals surface area contributed by atoms with E-state index in [-0.39, 0.29) is 0 Å². The van der Waals surface area contributed by atoms with Gasteiger partial charge >= 0.3 is 0 Å². The number of nitrogens with zero attached hydrogens (tertiary/aromatic N) is 5. The molecule has 1 aliphatic rings. The number of hydrogen-bond acceptors (Lipinski definition) is 4. The summed E-state index contributed by atoms with van der Waals surface area (Å²) in [5.41, 5.74) is 4.36. The minimum atomic E-state index is 0.380. The minimum Gasteiger partial charge on any atom is -0.277 e. The molecule has 0 atom stereocenters. The summed E-state index contributed by atoms with van der Waals surface area (Å²) in [6.45, 7) is 0.380. The summed E-state index contributed by atoms with van der Waals surface area (Å²) in [6, 6.07) is 17.2. The molecule has 0 fully saturated rings. The second-order valence-electron chi connectivity index (χ2n) is 6.32. The fourth-order valence-corrected chi connectivity index (χ4v) is 3.77. The van der Waals surface area contributed by atoms with Crippen molar-refractivity contribution in [3.05, 3.63) is 94.0 Å². The van der Waals surface area contributed by atoms with Crippen LogP contribution in [0.1, 0.15) is 17.0 Å². The van der Waals surface area contributed by atoms with E-state index in [2.05, 4.69) is 15.2 Å². The van der Waals surface area contributed by atoms with Crippen LogP contribution in [0.5, 0.6) is 0 Å². The molecule has 0 saturated carbocycles. The lowest BCUT2D eigenvalue weighted by Crippen LogP contribution is -2.08. The van der Waals surface area contributed by atoms with Crippen LogP contribution in [0.2, 0.25) is 10.0 Å². The molecule has 0 radical (unpaired) electrons. The first kappa shape index (κ1) is 17.1. The number of halogens is 2. The van der Waals surface area contributed by atoms with Crippen molar-refractivity contribution in [2.45, 2.75) is 6.54 Å². The first-order valence-electron chi connectivity index (χ1n) is 8.67. The van der Waals surface area contributed by atoms with Gasteiger partial charge in [-0.25, -0.2) is 0 Å². The van der Waals surface area contributed by atoms with E-state index >= 15 is 0 Å². The molecule has 136 valence electrons. The maximum absolute atomic E-state index is 6.47. The van der Waals surface area contributed by atoms with E-state index in [0.29, 0.717) is 16.6 Å². The maximum atomic E-state index is 6.47. The van der Waals surface area contributed by atoms with Crippen LogP contribution in [0, 0.1) is 0 Å². The summed E-state index contributed by atoms with van der Waals surface area (Å²) < 4.78 is 2.02. The van der Waals surface area contributed by atoms with E-state index in [0.717, 1.165) is 39.7 Å². The Morgan fingerprint density at radius 1 is 0.857 bits per heavy atom. The highest BCUT2D eigenvalue weighted by Crippen LogP contribution is 2.32. The average Bonchev–Trinajstić information content (AvgIpc) is 3.07. The number of rotatable bonds is 2. The normalized spacial score (nSPS) is 12.7. The maximum Gasteiger partial charge on any atom is 0.168 e. The Morgan fingerprint density at radius 2 is 1.68 bits per heavy atom. The van der Waals surface area contributed by atoms with Gasteiger partial charge in [0, 0.05) is 39.1 Å². The molecule has 7 heteroatoms. The highest BCUT2D eigenvalue weighted by molar-refractivity contribution is 6.36. The van der Waals surface area contributed by atoms with Gasteiger partial charge in [-0.15, -0.1) is 10.2 Å². The van der Waals surface area contributed by atoms with Crippen LogP contribution in [-0.4, -0.2) is 25.5 Å². The van der Waals surface area contributed by atoms with Crippen LogP contribution in [0.15, 0.2) is 72.0 Å². The van der Waals surface area contributed by atoms with E-state index in [1.807, 2.05) is 59.2 Å². The third-order valence-electron chi connectivity index (χ3n) is 4.63. The van der Waals surface area contributed by atoms with Crippen molar-refractivity contribution in [2.75, 3.05) is 0 Å². The lowest BCUT2D eigenvalue weighted by atomic mass is 10.00. The van der Waals surface area contributed by atoms with Gasteiger partial charge in [0.2, 0.25) is 0 Å². The first-order chi connectivity index (χ1) is 13.7. The van der Waals surface area contributed by atoms with Crippen LogP contribution < -0.4 is 0 Å². The van der Waals surface area contributed by atoms with Gasteiger partial charge in [0.1, 0.15) is 6.54 Å². The molecule has 5 nitrogen and oxygen atoms in total. The Kier molecular flexibility index (Phi) is 4.19. The van der Waals surface area contributed by atoms with Gasteiger partial charge in [-0.1, -0.05) is 41.4 Å².